The van der Waals surface area contributed by atoms with Gasteiger partial charge >= 0.3 is 0 Å². The van der Waals surface area contributed by atoms with E-state index in [2.05, 4.69) is 6.07 Å². The summed E-state index contributed by atoms with van der Waals surface area (Å²) >= 11 is 12.6. The van der Waals surface area contributed by atoms with Crippen LogP contribution >= 0.6 is 23.2 Å². The van der Waals surface area contributed by atoms with Crippen molar-refractivity contribution >= 4 is 44.7 Å². The number of allylic oxidation sites excluding steroid dienone is 3. The Labute approximate surface area is 208 Å². The fourth-order valence-corrected chi connectivity index (χ4v) is 5.64. The van der Waals surface area contributed by atoms with Crippen LogP contribution in [0.3, 0.4) is 0 Å². The number of carbonyl (C=O) groups is 1. The maximum absolute atomic E-state index is 13.5. The van der Waals surface area contributed by atoms with Gasteiger partial charge in [0, 0.05) is 22.7 Å². The molecule has 0 saturated heterocycles. The molecule has 0 fully saturated rings. The minimum Gasteiger partial charge on any atom is -0.384 e. The first-order valence-electron chi connectivity index (χ1n) is 10.4. The summed E-state index contributed by atoms with van der Waals surface area (Å²) in [4.78, 5) is 15.1. The molecule has 1 heterocycles. The van der Waals surface area contributed by atoms with Gasteiger partial charge in [0.15, 0.2) is 5.78 Å². The van der Waals surface area contributed by atoms with E-state index in [-0.39, 0.29) is 27.5 Å². The smallest absolute Gasteiger partial charge is 0.238 e. The largest absolute Gasteiger partial charge is 0.384 e. The van der Waals surface area contributed by atoms with Gasteiger partial charge < -0.3 is 5.73 Å². The van der Waals surface area contributed by atoms with Crippen molar-refractivity contribution in [2.45, 2.75) is 37.5 Å². The van der Waals surface area contributed by atoms with Crippen molar-refractivity contribution in [1.82, 2.24) is 0 Å². The van der Waals surface area contributed by atoms with E-state index < -0.39 is 15.9 Å². The number of rotatable bonds is 3. The molecule has 10 heteroatoms. The van der Waals surface area contributed by atoms with Crippen molar-refractivity contribution < 1.29 is 13.2 Å². The summed E-state index contributed by atoms with van der Waals surface area (Å²) in [7, 11) is -3.90. The molecule has 0 aromatic heterocycles. The number of hydrogen-bond acceptors (Lipinski definition) is 6. The lowest BCUT2D eigenvalue weighted by Gasteiger charge is -2.44. The Morgan fingerprint density at radius 3 is 2.32 bits per heavy atom. The Bertz CT molecular complexity index is 1420. The molecule has 0 unspecified atom stereocenters. The molecule has 1 aliphatic carbocycles. The van der Waals surface area contributed by atoms with Crippen molar-refractivity contribution in [3.63, 3.8) is 0 Å². The van der Waals surface area contributed by atoms with Gasteiger partial charge in [0.1, 0.15) is 5.82 Å². The van der Waals surface area contributed by atoms with Crippen molar-refractivity contribution in [3.8, 4) is 6.07 Å². The van der Waals surface area contributed by atoms with Gasteiger partial charge in [-0.25, -0.2) is 13.6 Å². The zero-order valence-corrected chi connectivity index (χ0v) is 20.8. The van der Waals surface area contributed by atoms with Crippen LogP contribution in [-0.4, -0.2) is 14.2 Å². The minimum atomic E-state index is -3.90. The van der Waals surface area contributed by atoms with Gasteiger partial charge in [-0.05, 0) is 47.7 Å². The van der Waals surface area contributed by atoms with Gasteiger partial charge in [-0.2, -0.15) is 5.26 Å². The number of ketones is 1. The van der Waals surface area contributed by atoms with Gasteiger partial charge in [0.2, 0.25) is 10.0 Å². The fraction of sp³-hybridized carbons (Fsp3) is 0.250. The molecule has 4 rings (SSSR count). The van der Waals surface area contributed by atoms with E-state index >= 15 is 0 Å². The maximum Gasteiger partial charge on any atom is 0.238 e. The Balaban J connectivity index is 1.99. The molecule has 2 aliphatic rings. The molecule has 0 spiro atoms. The summed E-state index contributed by atoms with van der Waals surface area (Å²) in [5, 5.41) is 16.1. The molecule has 0 radical (unpaired) electrons. The molecule has 34 heavy (non-hydrogen) atoms. The number of halogens is 2. The van der Waals surface area contributed by atoms with Crippen molar-refractivity contribution in [2.75, 3.05) is 4.90 Å². The first-order chi connectivity index (χ1) is 15.8. The highest BCUT2D eigenvalue weighted by molar-refractivity contribution is 7.89. The number of primary sulfonamides is 1. The zero-order valence-electron chi connectivity index (χ0n) is 18.5. The topological polar surface area (TPSA) is 130 Å². The van der Waals surface area contributed by atoms with E-state index in [0.29, 0.717) is 45.4 Å². The predicted molar refractivity (Wildman–Crippen MR) is 131 cm³/mol. The van der Waals surface area contributed by atoms with E-state index in [1.165, 1.54) is 12.1 Å². The molecule has 176 valence electrons. The van der Waals surface area contributed by atoms with E-state index in [4.69, 9.17) is 34.1 Å². The highest BCUT2D eigenvalue weighted by Gasteiger charge is 2.45. The molecule has 1 atom stereocenters. The molecule has 2 aromatic carbocycles. The molecule has 0 amide bonds. The molecule has 7 nitrogen and oxygen atoms in total. The third-order valence-electron chi connectivity index (χ3n) is 6.07. The lowest BCUT2D eigenvalue weighted by molar-refractivity contribution is -0.118. The predicted octanol–water partition coefficient (Wildman–Crippen LogP) is 4.58. The van der Waals surface area contributed by atoms with Crippen LogP contribution in [0.25, 0.3) is 0 Å². The van der Waals surface area contributed by atoms with Crippen LogP contribution in [0.5, 0.6) is 0 Å². The van der Waals surface area contributed by atoms with Gasteiger partial charge in [0.05, 0.1) is 33.2 Å². The highest BCUT2D eigenvalue weighted by atomic mass is 35.5. The Kier molecular flexibility index (Phi) is 6.03. The van der Waals surface area contributed by atoms with E-state index in [0.717, 1.165) is 0 Å². The quantitative estimate of drug-likeness (QED) is 0.613. The normalized spacial score (nSPS) is 20.3. The maximum atomic E-state index is 13.5. The SMILES string of the molecule is CC1(C)CC(=O)C2=C(C1)N(c1ccc(Cl)cc1Cl)C(N)=C(C#N)[C@@H]2c1ccc(S(N)(=O)=O)cc1. The highest BCUT2D eigenvalue weighted by Crippen LogP contribution is 2.51. The second-order valence-corrected chi connectivity index (χ2v) is 11.6. The van der Waals surface area contributed by atoms with Gasteiger partial charge in [-0.1, -0.05) is 49.2 Å². The van der Waals surface area contributed by atoms with Crippen LogP contribution in [0.1, 0.15) is 38.2 Å². The fourth-order valence-electron chi connectivity index (χ4n) is 4.63. The van der Waals surface area contributed by atoms with Crippen LogP contribution in [-0.2, 0) is 14.8 Å². The number of nitrogens with two attached hydrogens (primary N) is 2. The summed E-state index contributed by atoms with van der Waals surface area (Å²) in [5.74, 6) is -0.709. The summed E-state index contributed by atoms with van der Waals surface area (Å²) in [5.41, 5.74) is 8.57. The molecular formula is C24H22Cl2N4O3S. The van der Waals surface area contributed by atoms with Crippen molar-refractivity contribution in [1.29, 1.82) is 5.26 Å². The second-order valence-electron chi connectivity index (χ2n) is 9.19. The zero-order chi connectivity index (χ0) is 25.0. The monoisotopic (exact) mass is 516 g/mol. The van der Waals surface area contributed by atoms with E-state index in [1.807, 2.05) is 13.8 Å². The average Bonchev–Trinajstić information content (AvgIpc) is 2.72. The van der Waals surface area contributed by atoms with E-state index in [1.54, 1.807) is 35.2 Å². The number of sulfonamides is 1. The van der Waals surface area contributed by atoms with Crippen LogP contribution in [0, 0.1) is 16.7 Å². The summed E-state index contributed by atoms with van der Waals surface area (Å²) in [6, 6.07) is 12.9. The van der Waals surface area contributed by atoms with Gasteiger partial charge in [0.25, 0.3) is 0 Å². The summed E-state index contributed by atoms with van der Waals surface area (Å²) in [6.45, 7) is 3.98. The standard InChI is InChI=1S/C24H22Cl2N4O3S/c1-24(2)10-19-22(20(31)11-24)21(13-3-6-15(7-4-13)34(29,32)33)16(12-27)23(28)30(19)18-8-5-14(25)9-17(18)26/h3-9,21H,10-11,28H2,1-2H3,(H2,29,32,33)/t21-/m0/s1. The summed E-state index contributed by atoms with van der Waals surface area (Å²) in [6.07, 6.45) is 0.802. The number of nitrogens with zero attached hydrogens (tertiary/aromatic N) is 2. The Hall–Kier alpha value is -2.83. The number of hydrogen-bond donors (Lipinski definition) is 2. The van der Waals surface area contributed by atoms with Gasteiger partial charge in [-0.15, -0.1) is 0 Å². The van der Waals surface area contributed by atoms with Gasteiger partial charge in [-0.3, -0.25) is 9.69 Å². The first-order valence-corrected chi connectivity index (χ1v) is 12.7. The minimum absolute atomic E-state index is 0.0672. The number of anilines is 1. The lowest BCUT2D eigenvalue weighted by Crippen LogP contribution is -2.42. The molecule has 0 saturated carbocycles. The number of nitriles is 1. The Morgan fingerprint density at radius 2 is 1.76 bits per heavy atom. The lowest BCUT2D eigenvalue weighted by atomic mass is 9.68. The molecule has 2 aromatic rings. The van der Waals surface area contributed by atoms with Crippen LogP contribution in [0.15, 0.2) is 70.0 Å². The third-order valence-corrected chi connectivity index (χ3v) is 7.54. The van der Waals surface area contributed by atoms with E-state index in [9.17, 15) is 18.5 Å². The molecule has 0 bridgehead atoms. The molecular weight excluding hydrogens is 495 g/mol. The average molecular weight is 517 g/mol. The van der Waals surface area contributed by atoms with Crippen molar-refractivity contribution in [3.05, 3.63) is 80.7 Å². The number of benzene rings is 2. The van der Waals surface area contributed by atoms with Crippen molar-refractivity contribution in [2.24, 2.45) is 16.3 Å². The first kappa shape index (κ1) is 24.3. The third kappa shape index (κ3) is 4.21. The Morgan fingerprint density at radius 1 is 1.12 bits per heavy atom. The van der Waals surface area contributed by atoms with Crippen LogP contribution in [0.4, 0.5) is 5.69 Å². The van der Waals surface area contributed by atoms with Crippen LogP contribution in [0.2, 0.25) is 10.0 Å². The number of carbonyl (C=O) groups excluding carboxylic acids is 1. The molecule has 4 N–H and O–H groups in total. The molecule has 1 aliphatic heterocycles. The second kappa shape index (κ2) is 8.43. The van der Waals surface area contributed by atoms with Crippen LogP contribution < -0.4 is 15.8 Å². The summed E-state index contributed by atoms with van der Waals surface area (Å²) < 4.78 is 23.4. The number of Topliss-reactive ketones (excluding diaryl/α,β-unsaturated/α-hetero) is 1.